The number of nitrogens with zero attached hydrogens (tertiary/aromatic N) is 3. The Bertz CT molecular complexity index is 461. The lowest BCUT2D eigenvalue weighted by Crippen LogP contribution is -2.29. The molecule has 2 atom stereocenters. The minimum atomic E-state index is -0.296. The predicted molar refractivity (Wildman–Crippen MR) is 61.0 cm³/mol. The number of hydrogen-bond acceptors (Lipinski definition) is 3. The van der Waals surface area contributed by atoms with Crippen LogP contribution in [0, 0.1) is 0 Å². The molecule has 1 aliphatic rings. The Morgan fingerprint density at radius 1 is 1.06 bits per heavy atom. The molecule has 1 aliphatic carbocycles. The molecule has 4 nitrogen and oxygen atoms in total. The Labute approximate surface area is 93.9 Å². The van der Waals surface area contributed by atoms with Crippen LogP contribution >= 0.6 is 0 Å². The second-order valence-electron chi connectivity index (χ2n) is 4.43. The van der Waals surface area contributed by atoms with Crippen molar-refractivity contribution in [2.24, 2.45) is 0 Å². The topological polar surface area (TPSA) is 50.9 Å². The largest absolute Gasteiger partial charge is 0.391 e. The lowest BCUT2D eigenvalue weighted by molar-refractivity contribution is 0.0628. The van der Waals surface area contributed by atoms with Crippen molar-refractivity contribution >= 4 is 11.0 Å². The third-order valence-corrected chi connectivity index (χ3v) is 3.29. The predicted octanol–water partition coefficient (Wildman–Crippen LogP) is 1.91. The summed E-state index contributed by atoms with van der Waals surface area (Å²) in [6.45, 7) is 0. The molecule has 1 aromatic carbocycles. The number of fused-ring (bicyclic) bond motifs is 1. The van der Waals surface area contributed by atoms with Gasteiger partial charge in [-0.2, -0.15) is 15.0 Å². The van der Waals surface area contributed by atoms with Gasteiger partial charge in [0.1, 0.15) is 11.0 Å². The molecule has 0 saturated heterocycles. The monoisotopic (exact) mass is 217 g/mol. The lowest BCUT2D eigenvalue weighted by atomic mass is 9.93. The zero-order valence-corrected chi connectivity index (χ0v) is 9.08. The zero-order valence-electron chi connectivity index (χ0n) is 9.08. The first-order chi connectivity index (χ1) is 7.84. The minimum Gasteiger partial charge on any atom is -0.391 e. The summed E-state index contributed by atoms with van der Waals surface area (Å²) in [6.07, 6.45) is 3.80. The van der Waals surface area contributed by atoms with E-state index >= 15 is 0 Å². The highest BCUT2D eigenvalue weighted by molar-refractivity contribution is 5.72. The van der Waals surface area contributed by atoms with E-state index in [-0.39, 0.29) is 12.1 Å². The molecule has 1 fully saturated rings. The molecule has 0 radical (unpaired) electrons. The summed E-state index contributed by atoms with van der Waals surface area (Å²) in [5.74, 6) is 0. The summed E-state index contributed by atoms with van der Waals surface area (Å²) in [4.78, 5) is 1.70. The molecule has 0 spiro atoms. The second kappa shape index (κ2) is 3.87. The second-order valence-corrected chi connectivity index (χ2v) is 4.43. The molecule has 1 aromatic heterocycles. The average Bonchev–Trinajstić information content (AvgIpc) is 2.73. The van der Waals surface area contributed by atoms with E-state index in [1.807, 2.05) is 24.3 Å². The van der Waals surface area contributed by atoms with Crippen molar-refractivity contribution in [1.82, 2.24) is 15.0 Å². The van der Waals surface area contributed by atoms with Crippen LogP contribution in [-0.2, 0) is 0 Å². The SMILES string of the molecule is OC1CCCCC1n1nc2ccccc2n1. The fourth-order valence-corrected chi connectivity index (χ4v) is 2.39. The van der Waals surface area contributed by atoms with E-state index in [0.29, 0.717) is 0 Å². The smallest absolute Gasteiger partial charge is 0.113 e. The number of benzene rings is 1. The summed E-state index contributed by atoms with van der Waals surface area (Å²) in [5, 5.41) is 18.8. The van der Waals surface area contributed by atoms with E-state index in [0.717, 1.165) is 36.7 Å². The average molecular weight is 217 g/mol. The van der Waals surface area contributed by atoms with Gasteiger partial charge >= 0.3 is 0 Å². The molecular formula is C12H15N3O. The maximum absolute atomic E-state index is 9.95. The molecular weight excluding hydrogens is 202 g/mol. The summed E-state index contributed by atoms with van der Waals surface area (Å²) >= 11 is 0. The highest BCUT2D eigenvalue weighted by Gasteiger charge is 2.26. The first-order valence-corrected chi connectivity index (χ1v) is 5.84. The van der Waals surface area contributed by atoms with Crippen LogP contribution in [0.25, 0.3) is 11.0 Å². The van der Waals surface area contributed by atoms with Crippen molar-refractivity contribution in [2.45, 2.75) is 37.8 Å². The van der Waals surface area contributed by atoms with Gasteiger partial charge in [0.15, 0.2) is 0 Å². The van der Waals surface area contributed by atoms with Crippen LogP contribution in [0.2, 0.25) is 0 Å². The molecule has 2 aromatic rings. The summed E-state index contributed by atoms with van der Waals surface area (Å²) in [7, 11) is 0. The number of aliphatic hydroxyl groups excluding tert-OH is 1. The van der Waals surface area contributed by atoms with Gasteiger partial charge in [-0.25, -0.2) is 0 Å². The van der Waals surface area contributed by atoms with Crippen LogP contribution in [0.1, 0.15) is 31.7 Å². The molecule has 1 N–H and O–H groups in total. The van der Waals surface area contributed by atoms with Crippen molar-refractivity contribution < 1.29 is 5.11 Å². The molecule has 4 heteroatoms. The highest BCUT2D eigenvalue weighted by atomic mass is 16.3. The quantitative estimate of drug-likeness (QED) is 0.793. The maximum Gasteiger partial charge on any atom is 0.113 e. The standard InChI is InChI=1S/C12H15N3O/c16-12-8-4-3-7-11(12)15-13-9-5-1-2-6-10(9)14-15/h1-2,5-6,11-12,16H,3-4,7-8H2. The Kier molecular flexibility index (Phi) is 2.36. The van der Waals surface area contributed by atoms with Gasteiger partial charge in [0.05, 0.1) is 12.1 Å². The van der Waals surface area contributed by atoms with E-state index in [1.165, 1.54) is 0 Å². The van der Waals surface area contributed by atoms with E-state index in [2.05, 4.69) is 10.2 Å². The third kappa shape index (κ3) is 1.59. The summed E-state index contributed by atoms with van der Waals surface area (Å²) in [5.41, 5.74) is 1.81. The molecule has 2 unspecified atom stereocenters. The van der Waals surface area contributed by atoms with Gasteiger partial charge in [0, 0.05) is 0 Å². The van der Waals surface area contributed by atoms with Crippen LogP contribution in [0.5, 0.6) is 0 Å². The zero-order chi connectivity index (χ0) is 11.0. The van der Waals surface area contributed by atoms with Crippen LogP contribution < -0.4 is 0 Å². The van der Waals surface area contributed by atoms with Gasteiger partial charge in [0.25, 0.3) is 0 Å². The molecule has 84 valence electrons. The Balaban J connectivity index is 1.98. The van der Waals surface area contributed by atoms with Crippen molar-refractivity contribution in [2.75, 3.05) is 0 Å². The maximum atomic E-state index is 9.95. The number of rotatable bonds is 1. The lowest BCUT2D eigenvalue weighted by Gasteiger charge is -2.26. The van der Waals surface area contributed by atoms with E-state index in [4.69, 9.17) is 0 Å². The fraction of sp³-hybridized carbons (Fsp3) is 0.500. The van der Waals surface area contributed by atoms with E-state index in [9.17, 15) is 5.11 Å². The number of hydrogen-bond donors (Lipinski definition) is 1. The van der Waals surface area contributed by atoms with Crippen LogP contribution in [0.3, 0.4) is 0 Å². The third-order valence-electron chi connectivity index (χ3n) is 3.29. The van der Waals surface area contributed by atoms with E-state index in [1.54, 1.807) is 4.80 Å². The van der Waals surface area contributed by atoms with Gasteiger partial charge in [-0.15, -0.1) is 0 Å². The number of aromatic nitrogens is 3. The highest BCUT2D eigenvalue weighted by Crippen LogP contribution is 2.28. The van der Waals surface area contributed by atoms with Crippen LogP contribution in [0.15, 0.2) is 24.3 Å². The van der Waals surface area contributed by atoms with Crippen molar-refractivity contribution in [3.8, 4) is 0 Å². The first kappa shape index (κ1) is 9.78. The van der Waals surface area contributed by atoms with Crippen LogP contribution in [0.4, 0.5) is 0 Å². The summed E-state index contributed by atoms with van der Waals surface area (Å²) in [6, 6.07) is 7.88. The molecule has 3 rings (SSSR count). The Morgan fingerprint density at radius 2 is 1.69 bits per heavy atom. The molecule has 0 bridgehead atoms. The normalized spacial score (nSPS) is 26.1. The van der Waals surface area contributed by atoms with Gasteiger partial charge in [0.2, 0.25) is 0 Å². The van der Waals surface area contributed by atoms with Gasteiger partial charge in [-0.05, 0) is 25.0 Å². The molecule has 0 aliphatic heterocycles. The number of aliphatic hydroxyl groups is 1. The fourth-order valence-electron chi connectivity index (χ4n) is 2.39. The van der Waals surface area contributed by atoms with Gasteiger partial charge in [-0.3, -0.25) is 0 Å². The van der Waals surface area contributed by atoms with Crippen molar-refractivity contribution in [1.29, 1.82) is 0 Å². The minimum absolute atomic E-state index is 0.0566. The van der Waals surface area contributed by atoms with Crippen LogP contribution in [-0.4, -0.2) is 26.2 Å². The summed E-state index contributed by atoms with van der Waals surface area (Å²) < 4.78 is 0. The van der Waals surface area contributed by atoms with Gasteiger partial charge in [-0.1, -0.05) is 25.0 Å². The Morgan fingerprint density at radius 3 is 2.31 bits per heavy atom. The molecule has 0 amide bonds. The van der Waals surface area contributed by atoms with Gasteiger partial charge < -0.3 is 5.11 Å². The van der Waals surface area contributed by atoms with E-state index < -0.39 is 0 Å². The molecule has 1 heterocycles. The molecule has 1 saturated carbocycles. The molecule has 16 heavy (non-hydrogen) atoms. The van der Waals surface area contributed by atoms with Crippen molar-refractivity contribution in [3.63, 3.8) is 0 Å². The van der Waals surface area contributed by atoms with Crippen molar-refractivity contribution in [3.05, 3.63) is 24.3 Å². The first-order valence-electron chi connectivity index (χ1n) is 5.84. The Hall–Kier alpha value is -1.42.